The molecule has 0 aliphatic rings. The second kappa shape index (κ2) is 4.32. The first-order valence-corrected chi connectivity index (χ1v) is 5.71. The first-order chi connectivity index (χ1) is 8.38. The minimum absolute atomic E-state index is 0.0485. The Morgan fingerprint density at radius 2 is 2.06 bits per heavy atom. The Labute approximate surface area is 105 Å². The molecular weight excluding hydrogens is 232 g/mol. The van der Waals surface area contributed by atoms with E-state index in [4.69, 9.17) is 0 Å². The summed E-state index contributed by atoms with van der Waals surface area (Å²) in [6, 6.07) is -0.368. The van der Waals surface area contributed by atoms with E-state index in [1.807, 2.05) is 6.92 Å². The summed E-state index contributed by atoms with van der Waals surface area (Å²) in [5, 5.41) is 15.1. The molecule has 0 spiro atoms. The van der Waals surface area contributed by atoms with Crippen molar-refractivity contribution >= 4 is 6.03 Å². The van der Waals surface area contributed by atoms with Crippen molar-refractivity contribution in [1.82, 2.24) is 30.0 Å². The molecule has 0 bridgehead atoms. The maximum absolute atomic E-state index is 12.1. The van der Waals surface area contributed by atoms with Crippen molar-refractivity contribution in [2.45, 2.75) is 34.1 Å². The third-order valence-electron chi connectivity index (χ3n) is 2.45. The summed E-state index contributed by atoms with van der Waals surface area (Å²) in [6.07, 6.45) is 3.65. The molecular formula is C11H16N6O. The normalized spacial score (nSPS) is 11.8. The molecule has 0 fully saturated rings. The Balaban J connectivity index is 2.37. The third-order valence-corrected chi connectivity index (χ3v) is 2.45. The van der Waals surface area contributed by atoms with E-state index in [1.165, 1.54) is 17.1 Å². The molecule has 96 valence electrons. The Hall–Kier alpha value is -2.05. The predicted octanol–water partition coefficient (Wildman–Crippen LogP) is 1.28. The van der Waals surface area contributed by atoms with Crippen LogP contribution in [-0.4, -0.2) is 36.0 Å². The van der Waals surface area contributed by atoms with Crippen molar-refractivity contribution < 1.29 is 4.79 Å². The van der Waals surface area contributed by atoms with Crippen LogP contribution in [-0.2, 0) is 6.42 Å². The number of aromatic nitrogens is 6. The van der Waals surface area contributed by atoms with Crippen molar-refractivity contribution in [3.63, 3.8) is 0 Å². The van der Waals surface area contributed by atoms with Crippen molar-refractivity contribution in [3.8, 4) is 0 Å². The smallest absolute Gasteiger partial charge is 0.243 e. The Kier molecular flexibility index (Phi) is 2.98. The second-order valence-electron chi connectivity index (χ2n) is 5.40. The highest BCUT2D eigenvalue weighted by Crippen LogP contribution is 2.21. The van der Waals surface area contributed by atoms with Gasteiger partial charge in [-0.05, 0) is 18.8 Å². The minimum atomic E-state index is -0.368. The van der Waals surface area contributed by atoms with Crippen LogP contribution in [0.1, 0.15) is 32.2 Å². The van der Waals surface area contributed by atoms with Crippen molar-refractivity contribution in [3.05, 3.63) is 23.8 Å². The Morgan fingerprint density at radius 1 is 1.33 bits per heavy atom. The van der Waals surface area contributed by atoms with E-state index in [2.05, 4.69) is 41.4 Å². The molecule has 0 amide bonds. The summed E-state index contributed by atoms with van der Waals surface area (Å²) in [6.45, 7) is 8.15. The van der Waals surface area contributed by atoms with Gasteiger partial charge < -0.3 is 0 Å². The van der Waals surface area contributed by atoms with E-state index < -0.39 is 0 Å². The highest BCUT2D eigenvalue weighted by Gasteiger charge is 2.22. The van der Waals surface area contributed by atoms with Gasteiger partial charge in [0.2, 0.25) is 0 Å². The molecule has 2 heterocycles. The van der Waals surface area contributed by atoms with Crippen LogP contribution in [0, 0.1) is 12.3 Å². The molecule has 2 aromatic heterocycles. The lowest BCUT2D eigenvalue weighted by Gasteiger charge is -2.18. The summed E-state index contributed by atoms with van der Waals surface area (Å²) < 4.78 is 2.43. The van der Waals surface area contributed by atoms with Crippen LogP contribution in [0.3, 0.4) is 0 Å². The number of aryl methyl sites for hydroxylation is 1. The first kappa shape index (κ1) is 12.4. The maximum atomic E-state index is 12.1. The van der Waals surface area contributed by atoms with Crippen LogP contribution in [0.2, 0.25) is 0 Å². The number of hydrogen-bond donors (Lipinski definition) is 0. The number of nitrogens with zero attached hydrogens (tertiary/aromatic N) is 6. The number of carbonyl (C=O) groups is 1. The Bertz CT molecular complexity index is 549. The lowest BCUT2D eigenvalue weighted by atomic mass is 9.90. The summed E-state index contributed by atoms with van der Waals surface area (Å²) in [5.41, 5.74) is 1.62. The standard InChI is InChI=1S/C11H16N6O/c1-8-9(7-11(2,3)4)17(15-13-8)10(18)16-6-5-12-14-16/h5-6H,7H2,1-4H3. The zero-order valence-corrected chi connectivity index (χ0v) is 11.0. The summed E-state index contributed by atoms with van der Waals surface area (Å²) in [5.74, 6) is 0. The molecule has 0 saturated heterocycles. The SMILES string of the molecule is Cc1nnn(C(=O)n2ccnn2)c1CC(C)(C)C. The average molecular weight is 248 g/mol. The lowest BCUT2D eigenvalue weighted by molar-refractivity contribution is 0.235. The monoisotopic (exact) mass is 248 g/mol. The Morgan fingerprint density at radius 3 is 2.61 bits per heavy atom. The van der Waals surface area contributed by atoms with Gasteiger partial charge in [-0.2, -0.15) is 9.36 Å². The molecule has 2 aromatic rings. The molecule has 0 saturated carbocycles. The molecule has 0 unspecified atom stereocenters. The molecule has 0 radical (unpaired) electrons. The van der Waals surface area contributed by atoms with E-state index in [0.717, 1.165) is 16.1 Å². The van der Waals surface area contributed by atoms with Gasteiger partial charge >= 0.3 is 6.03 Å². The van der Waals surface area contributed by atoms with Crippen molar-refractivity contribution in [2.24, 2.45) is 5.41 Å². The van der Waals surface area contributed by atoms with E-state index in [-0.39, 0.29) is 11.4 Å². The topological polar surface area (TPSA) is 78.5 Å². The molecule has 0 N–H and O–H groups in total. The van der Waals surface area contributed by atoms with E-state index in [9.17, 15) is 4.79 Å². The predicted molar refractivity (Wildman–Crippen MR) is 64.1 cm³/mol. The molecule has 18 heavy (non-hydrogen) atoms. The first-order valence-electron chi connectivity index (χ1n) is 5.71. The van der Waals surface area contributed by atoms with Gasteiger partial charge in [0.1, 0.15) is 0 Å². The third kappa shape index (κ3) is 2.44. The highest BCUT2D eigenvalue weighted by atomic mass is 16.2. The molecule has 0 aliphatic heterocycles. The van der Waals surface area contributed by atoms with Gasteiger partial charge in [0.05, 0.1) is 23.8 Å². The van der Waals surface area contributed by atoms with Crippen LogP contribution in [0.5, 0.6) is 0 Å². The largest absolute Gasteiger partial charge is 0.372 e. The summed E-state index contributed by atoms with van der Waals surface area (Å²) in [7, 11) is 0. The number of hydrogen-bond acceptors (Lipinski definition) is 5. The van der Waals surface area contributed by atoms with Gasteiger partial charge in [-0.3, -0.25) is 0 Å². The fraction of sp³-hybridized carbons (Fsp3) is 0.545. The van der Waals surface area contributed by atoms with Gasteiger partial charge in [-0.15, -0.1) is 10.2 Å². The number of carbonyl (C=O) groups excluding carboxylic acids is 1. The molecule has 2 rings (SSSR count). The zero-order chi connectivity index (χ0) is 13.3. The van der Waals surface area contributed by atoms with Crippen LogP contribution >= 0.6 is 0 Å². The summed E-state index contributed by atoms with van der Waals surface area (Å²) in [4.78, 5) is 12.1. The fourth-order valence-corrected chi connectivity index (χ4v) is 1.64. The van der Waals surface area contributed by atoms with Crippen LogP contribution < -0.4 is 0 Å². The minimum Gasteiger partial charge on any atom is -0.243 e. The maximum Gasteiger partial charge on any atom is 0.372 e. The van der Waals surface area contributed by atoms with Gasteiger partial charge in [-0.25, -0.2) is 4.79 Å². The van der Waals surface area contributed by atoms with Gasteiger partial charge in [-0.1, -0.05) is 31.2 Å². The quantitative estimate of drug-likeness (QED) is 0.759. The summed E-state index contributed by atoms with van der Waals surface area (Å²) >= 11 is 0. The van der Waals surface area contributed by atoms with E-state index in [0.29, 0.717) is 6.42 Å². The molecule has 7 nitrogen and oxygen atoms in total. The van der Waals surface area contributed by atoms with Gasteiger partial charge in [0, 0.05) is 0 Å². The van der Waals surface area contributed by atoms with Crippen LogP contribution in [0.4, 0.5) is 4.79 Å². The molecule has 0 atom stereocenters. The fourth-order valence-electron chi connectivity index (χ4n) is 1.64. The van der Waals surface area contributed by atoms with E-state index >= 15 is 0 Å². The zero-order valence-electron chi connectivity index (χ0n) is 11.0. The molecule has 0 aromatic carbocycles. The van der Waals surface area contributed by atoms with Gasteiger partial charge in [0.25, 0.3) is 0 Å². The van der Waals surface area contributed by atoms with Crippen LogP contribution in [0.15, 0.2) is 12.4 Å². The number of rotatable bonds is 1. The molecule has 0 aliphatic carbocycles. The lowest BCUT2D eigenvalue weighted by Crippen LogP contribution is -2.25. The van der Waals surface area contributed by atoms with Gasteiger partial charge in [0.15, 0.2) is 0 Å². The average Bonchev–Trinajstić information content (AvgIpc) is 2.87. The van der Waals surface area contributed by atoms with Crippen molar-refractivity contribution in [2.75, 3.05) is 0 Å². The highest BCUT2D eigenvalue weighted by molar-refractivity contribution is 5.77. The van der Waals surface area contributed by atoms with Crippen molar-refractivity contribution in [1.29, 1.82) is 0 Å². The second-order valence-corrected chi connectivity index (χ2v) is 5.40. The van der Waals surface area contributed by atoms with E-state index in [1.54, 1.807) is 0 Å². The van der Waals surface area contributed by atoms with Crippen LogP contribution in [0.25, 0.3) is 0 Å². The molecule has 7 heteroatoms.